The van der Waals surface area contributed by atoms with Gasteiger partial charge in [0, 0.05) is 35.9 Å². The molecule has 0 fully saturated rings. The maximum absolute atomic E-state index is 13.4. The Balaban J connectivity index is 1.64. The number of benzene rings is 2. The monoisotopic (exact) mass is 505 g/mol. The first-order valence-corrected chi connectivity index (χ1v) is 11.5. The van der Waals surface area contributed by atoms with E-state index in [2.05, 4.69) is 20.0 Å². The fourth-order valence-electron chi connectivity index (χ4n) is 3.46. The third kappa shape index (κ3) is 5.22. The number of H-pyrrole nitrogens is 1. The SMILES string of the molecule is COc1ccc(OC(F)(F)F)cc1S(=O)(=O)c1ccccc1CNC(=O)c1cc2cnccc2[nH]1. The van der Waals surface area contributed by atoms with E-state index in [4.69, 9.17) is 4.74 Å². The van der Waals surface area contributed by atoms with Crippen molar-refractivity contribution in [2.45, 2.75) is 22.7 Å². The number of carbonyl (C=O) groups is 1. The molecule has 1 amide bonds. The number of aromatic nitrogens is 2. The van der Waals surface area contributed by atoms with Gasteiger partial charge in [-0.15, -0.1) is 13.2 Å². The number of sulfone groups is 1. The lowest BCUT2D eigenvalue weighted by Gasteiger charge is -2.15. The molecule has 0 bridgehead atoms. The highest BCUT2D eigenvalue weighted by Gasteiger charge is 2.33. The summed E-state index contributed by atoms with van der Waals surface area (Å²) >= 11 is 0. The second kappa shape index (κ2) is 9.29. The maximum Gasteiger partial charge on any atom is 0.573 e. The molecule has 4 rings (SSSR count). The third-order valence-electron chi connectivity index (χ3n) is 5.03. The van der Waals surface area contributed by atoms with Gasteiger partial charge in [-0.2, -0.15) is 0 Å². The highest BCUT2D eigenvalue weighted by atomic mass is 32.2. The zero-order valence-electron chi connectivity index (χ0n) is 18.1. The number of fused-ring (bicyclic) bond motifs is 1. The highest BCUT2D eigenvalue weighted by molar-refractivity contribution is 7.91. The van der Waals surface area contributed by atoms with E-state index in [0.717, 1.165) is 23.6 Å². The minimum absolute atomic E-state index is 0.162. The van der Waals surface area contributed by atoms with Crippen LogP contribution in [0, 0.1) is 0 Å². The summed E-state index contributed by atoms with van der Waals surface area (Å²) in [7, 11) is -3.17. The minimum atomic E-state index is -5.00. The van der Waals surface area contributed by atoms with Crippen LogP contribution in [0.25, 0.3) is 10.9 Å². The van der Waals surface area contributed by atoms with Crippen molar-refractivity contribution in [3.05, 3.63) is 78.2 Å². The van der Waals surface area contributed by atoms with Crippen molar-refractivity contribution < 1.29 is 35.9 Å². The average Bonchev–Trinajstić information content (AvgIpc) is 3.26. The smallest absolute Gasteiger partial charge is 0.495 e. The lowest BCUT2D eigenvalue weighted by molar-refractivity contribution is -0.274. The molecule has 0 radical (unpaired) electrons. The number of hydrogen-bond acceptors (Lipinski definition) is 6. The van der Waals surface area contributed by atoms with Crippen LogP contribution in [0.15, 0.2) is 76.8 Å². The van der Waals surface area contributed by atoms with E-state index in [1.807, 2.05) is 0 Å². The second-order valence-electron chi connectivity index (χ2n) is 7.30. The molecule has 0 aliphatic rings. The second-order valence-corrected chi connectivity index (χ2v) is 9.19. The van der Waals surface area contributed by atoms with Gasteiger partial charge in [-0.05, 0) is 35.9 Å². The van der Waals surface area contributed by atoms with Crippen molar-refractivity contribution in [3.63, 3.8) is 0 Å². The Bertz CT molecular complexity index is 1470. The molecule has 2 aromatic heterocycles. The fraction of sp³-hybridized carbons (Fsp3) is 0.130. The van der Waals surface area contributed by atoms with E-state index in [9.17, 15) is 26.4 Å². The van der Waals surface area contributed by atoms with Gasteiger partial charge in [0.2, 0.25) is 9.84 Å². The fourth-order valence-corrected chi connectivity index (χ4v) is 5.13. The Labute approximate surface area is 197 Å². The number of carbonyl (C=O) groups excluding carboxylic acids is 1. The van der Waals surface area contributed by atoms with Crippen LogP contribution in [-0.2, 0) is 16.4 Å². The van der Waals surface area contributed by atoms with Gasteiger partial charge in [-0.3, -0.25) is 9.78 Å². The molecular weight excluding hydrogens is 487 g/mol. The van der Waals surface area contributed by atoms with Crippen molar-refractivity contribution in [1.29, 1.82) is 0 Å². The number of amides is 1. The number of halogens is 3. The first-order chi connectivity index (χ1) is 16.6. The molecule has 8 nitrogen and oxygen atoms in total. The number of nitrogens with zero attached hydrogens (tertiary/aromatic N) is 1. The molecule has 0 atom stereocenters. The first-order valence-electron chi connectivity index (χ1n) is 10.1. The molecule has 182 valence electrons. The molecule has 0 unspecified atom stereocenters. The minimum Gasteiger partial charge on any atom is -0.495 e. The van der Waals surface area contributed by atoms with Crippen LogP contribution in [0.4, 0.5) is 13.2 Å². The van der Waals surface area contributed by atoms with Crippen LogP contribution < -0.4 is 14.8 Å². The number of aromatic amines is 1. The number of pyridine rings is 1. The maximum atomic E-state index is 13.4. The van der Waals surface area contributed by atoms with Gasteiger partial charge < -0.3 is 19.8 Å². The topological polar surface area (TPSA) is 110 Å². The van der Waals surface area contributed by atoms with Gasteiger partial charge >= 0.3 is 6.36 Å². The molecule has 0 aliphatic heterocycles. The Hall–Kier alpha value is -4.06. The molecule has 2 N–H and O–H groups in total. The van der Waals surface area contributed by atoms with Crippen LogP contribution in [0.1, 0.15) is 16.1 Å². The quantitative estimate of drug-likeness (QED) is 0.389. The van der Waals surface area contributed by atoms with E-state index in [0.29, 0.717) is 5.52 Å². The van der Waals surface area contributed by atoms with Crippen molar-refractivity contribution in [2.75, 3.05) is 7.11 Å². The molecule has 4 aromatic rings. The van der Waals surface area contributed by atoms with Gasteiger partial charge in [0.05, 0.1) is 12.0 Å². The Kier molecular flexibility index (Phi) is 6.39. The molecule has 2 heterocycles. The number of ether oxygens (including phenoxy) is 2. The standard InChI is InChI=1S/C23H18F3N3O5S/c1-33-19-7-6-16(34-23(24,25)26)11-21(19)35(31,32)20-5-3-2-4-14(20)13-28-22(30)18-10-15-12-27-9-8-17(15)29-18/h2-12,29H,13H2,1H3,(H,28,30). The van der Waals surface area contributed by atoms with Crippen molar-refractivity contribution >= 4 is 26.6 Å². The number of hydrogen-bond donors (Lipinski definition) is 2. The number of methoxy groups -OCH3 is 1. The summed E-state index contributed by atoms with van der Waals surface area (Å²) in [5, 5.41) is 3.38. The number of alkyl halides is 3. The normalized spacial score (nSPS) is 11.9. The van der Waals surface area contributed by atoms with E-state index in [-0.39, 0.29) is 28.4 Å². The predicted octanol–water partition coefficient (Wildman–Crippen LogP) is 4.23. The van der Waals surface area contributed by atoms with Gasteiger partial charge in [-0.25, -0.2) is 8.42 Å². The molecule has 0 aliphatic carbocycles. The van der Waals surface area contributed by atoms with E-state index >= 15 is 0 Å². The molecule has 0 spiro atoms. The summed E-state index contributed by atoms with van der Waals surface area (Å²) in [6, 6.07) is 11.9. The molecule has 0 saturated carbocycles. The molecule has 35 heavy (non-hydrogen) atoms. The number of nitrogens with one attached hydrogen (secondary N) is 2. The number of rotatable bonds is 7. The lowest BCUT2D eigenvalue weighted by Crippen LogP contribution is -2.24. The van der Waals surface area contributed by atoms with Crippen molar-refractivity contribution in [3.8, 4) is 11.5 Å². The Morgan fingerprint density at radius 3 is 2.57 bits per heavy atom. The summed E-state index contributed by atoms with van der Waals surface area (Å²) in [6.07, 6.45) is -1.84. The van der Waals surface area contributed by atoms with Crippen LogP contribution >= 0.6 is 0 Å². The first kappa shape index (κ1) is 24.1. The predicted molar refractivity (Wildman–Crippen MR) is 119 cm³/mol. The van der Waals surface area contributed by atoms with Gasteiger partial charge in [0.1, 0.15) is 22.1 Å². The van der Waals surface area contributed by atoms with E-state index in [1.54, 1.807) is 30.6 Å². The van der Waals surface area contributed by atoms with Gasteiger partial charge in [-0.1, -0.05) is 18.2 Å². The van der Waals surface area contributed by atoms with Crippen LogP contribution in [-0.4, -0.2) is 37.8 Å². The lowest BCUT2D eigenvalue weighted by atomic mass is 10.2. The third-order valence-corrected chi connectivity index (χ3v) is 6.90. The Morgan fingerprint density at radius 2 is 1.86 bits per heavy atom. The molecule has 0 saturated heterocycles. The molecule has 12 heteroatoms. The highest BCUT2D eigenvalue weighted by Crippen LogP contribution is 2.35. The molecular formula is C23H18F3N3O5S. The van der Waals surface area contributed by atoms with Gasteiger partial charge in [0.25, 0.3) is 5.91 Å². The summed E-state index contributed by atoms with van der Waals surface area (Å²) in [4.78, 5) is 18.9. The summed E-state index contributed by atoms with van der Waals surface area (Å²) < 4.78 is 73.8. The molecule has 2 aromatic carbocycles. The van der Waals surface area contributed by atoms with Crippen LogP contribution in [0.5, 0.6) is 11.5 Å². The largest absolute Gasteiger partial charge is 0.573 e. The van der Waals surface area contributed by atoms with Crippen molar-refractivity contribution in [2.24, 2.45) is 0 Å². The summed E-state index contributed by atoms with van der Waals surface area (Å²) in [5.41, 5.74) is 1.19. The summed E-state index contributed by atoms with van der Waals surface area (Å²) in [6.45, 7) is -0.164. The van der Waals surface area contributed by atoms with Crippen molar-refractivity contribution in [1.82, 2.24) is 15.3 Å². The average molecular weight is 505 g/mol. The zero-order chi connectivity index (χ0) is 25.2. The van der Waals surface area contributed by atoms with Crippen LogP contribution in [0.2, 0.25) is 0 Å². The van der Waals surface area contributed by atoms with E-state index < -0.39 is 32.8 Å². The van der Waals surface area contributed by atoms with E-state index in [1.165, 1.54) is 25.3 Å². The Morgan fingerprint density at radius 1 is 1.09 bits per heavy atom. The van der Waals surface area contributed by atoms with Gasteiger partial charge in [0.15, 0.2) is 0 Å². The van der Waals surface area contributed by atoms with Crippen LogP contribution in [0.3, 0.4) is 0 Å². The zero-order valence-corrected chi connectivity index (χ0v) is 18.9. The summed E-state index contributed by atoms with van der Waals surface area (Å²) in [5.74, 6) is -1.35.